The zero-order valence-electron chi connectivity index (χ0n) is 17.1. The van der Waals surface area contributed by atoms with Gasteiger partial charge in [-0.15, -0.1) is 0 Å². The van der Waals surface area contributed by atoms with Gasteiger partial charge in [0.15, 0.2) is 0 Å². The lowest BCUT2D eigenvalue weighted by Gasteiger charge is -2.26. The van der Waals surface area contributed by atoms with Crippen LogP contribution in [0.25, 0.3) is 16.5 Å². The van der Waals surface area contributed by atoms with Gasteiger partial charge in [0.05, 0.1) is 0 Å². The molecule has 1 amide bonds. The summed E-state index contributed by atoms with van der Waals surface area (Å²) in [5.74, 6) is -0.366. The number of aromatic nitrogens is 1. The van der Waals surface area contributed by atoms with Crippen LogP contribution < -0.4 is 5.73 Å². The molecule has 0 saturated carbocycles. The molecular weight excluding hydrogens is 358 g/mol. The van der Waals surface area contributed by atoms with Crippen molar-refractivity contribution in [2.45, 2.75) is 25.7 Å². The third-order valence-electron chi connectivity index (χ3n) is 5.96. The number of carbonyl (C=O) groups excluding carboxylic acids is 1. The molecule has 0 atom stereocenters. The monoisotopic (exact) mass is 387 g/mol. The zero-order chi connectivity index (χ0) is 20.2. The Hall–Kier alpha value is -2.85. The fourth-order valence-corrected chi connectivity index (χ4v) is 4.31. The van der Waals surface area contributed by atoms with Crippen LogP contribution in [0.2, 0.25) is 0 Å². The van der Waals surface area contributed by atoms with Crippen molar-refractivity contribution < 1.29 is 4.79 Å². The number of rotatable bonds is 7. The zero-order valence-corrected chi connectivity index (χ0v) is 17.1. The molecule has 2 aromatic carbocycles. The van der Waals surface area contributed by atoms with Gasteiger partial charge in [0.1, 0.15) is 0 Å². The highest BCUT2D eigenvalue weighted by Gasteiger charge is 2.13. The predicted octanol–water partition coefficient (Wildman–Crippen LogP) is 4.39. The second kappa shape index (κ2) is 8.66. The van der Waals surface area contributed by atoms with Gasteiger partial charge in [0.25, 0.3) is 0 Å². The number of hydrogen-bond acceptors (Lipinski definition) is 2. The minimum atomic E-state index is -0.366. The van der Waals surface area contributed by atoms with Gasteiger partial charge in [0, 0.05) is 42.8 Å². The van der Waals surface area contributed by atoms with Gasteiger partial charge in [-0.3, -0.25) is 9.69 Å². The average molecular weight is 388 g/mol. The Morgan fingerprint density at radius 1 is 1.10 bits per heavy atom. The topological polar surface area (TPSA) is 51.3 Å². The summed E-state index contributed by atoms with van der Waals surface area (Å²) in [6.07, 6.45) is 9.05. The highest BCUT2D eigenvalue weighted by molar-refractivity contribution is 5.98. The number of primary amides is 1. The van der Waals surface area contributed by atoms with E-state index in [1.807, 2.05) is 18.2 Å². The van der Waals surface area contributed by atoms with Crippen molar-refractivity contribution in [2.75, 3.05) is 19.6 Å². The standard InChI is InChI=1S/C25H29N3O/c1-27-18-22(23-17-21(25(26)29)10-11-24(23)27)9-5-6-14-28-15-12-20(13-16-28)19-7-3-2-4-8-19/h2-4,7-8,10-12,17-18H,5-6,9,13-16H2,1H3,(H2,26,29). The summed E-state index contributed by atoms with van der Waals surface area (Å²) in [7, 11) is 2.06. The lowest BCUT2D eigenvalue weighted by molar-refractivity contribution is 0.100. The summed E-state index contributed by atoms with van der Waals surface area (Å²) in [6.45, 7) is 3.31. The summed E-state index contributed by atoms with van der Waals surface area (Å²) in [6, 6.07) is 16.4. The van der Waals surface area contributed by atoms with E-state index in [0.29, 0.717) is 5.56 Å². The van der Waals surface area contributed by atoms with Gasteiger partial charge < -0.3 is 10.3 Å². The summed E-state index contributed by atoms with van der Waals surface area (Å²) in [4.78, 5) is 14.1. The van der Waals surface area contributed by atoms with Crippen LogP contribution in [-0.2, 0) is 13.5 Å². The van der Waals surface area contributed by atoms with Gasteiger partial charge in [0.2, 0.25) is 5.91 Å². The SMILES string of the molecule is Cn1cc(CCCCN2CC=C(c3ccccc3)CC2)c2cc(C(N)=O)ccc21. The maximum absolute atomic E-state index is 11.5. The predicted molar refractivity (Wildman–Crippen MR) is 120 cm³/mol. The Bertz CT molecular complexity index is 1030. The minimum Gasteiger partial charge on any atom is -0.366 e. The van der Waals surface area contributed by atoms with Crippen LogP contribution in [0.3, 0.4) is 0 Å². The molecule has 4 rings (SSSR count). The van der Waals surface area contributed by atoms with Crippen molar-refractivity contribution in [3.05, 3.63) is 77.5 Å². The molecule has 1 aliphatic rings. The molecule has 4 nitrogen and oxygen atoms in total. The molecule has 0 aliphatic carbocycles. The number of hydrogen-bond donors (Lipinski definition) is 1. The van der Waals surface area contributed by atoms with Gasteiger partial charge in [-0.2, -0.15) is 0 Å². The van der Waals surface area contributed by atoms with Crippen LogP contribution in [-0.4, -0.2) is 35.0 Å². The van der Waals surface area contributed by atoms with Gasteiger partial charge >= 0.3 is 0 Å². The molecule has 1 aromatic heterocycles. The van der Waals surface area contributed by atoms with E-state index in [1.54, 1.807) is 0 Å². The van der Waals surface area contributed by atoms with E-state index in [0.717, 1.165) is 49.8 Å². The van der Waals surface area contributed by atoms with Crippen LogP contribution in [0.5, 0.6) is 0 Å². The first-order chi connectivity index (χ1) is 14.1. The number of fused-ring (bicyclic) bond motifs is 1. The second-order valence-corrected chi connectivity index (χ2v) is 7.96. The molecule has 0 saturated heterocycles. The second-order valence-electron chi connectivity index (χ2n) is 7.96. The van der Waals surface area contributed by atoms with E-state index < -0.39 is 0 Å². The molecule has 0 fully saturated rings. The Balaban J connectivity index is 1.31. The van der Waals surface area contributed by atoms with Crippen LogP contribution >= 0.6 is 0 Å². The molecule has 4 heteroatoms. The maximum Gasteiger partial charge on any atom is 0.248 e. The lowest BCUT2D eigenvalue weighted by atomic mass is 9.99. The normalized spacial score (nSPS) is 14.9. The molecule has 0 spiro atoms. The largest absolute Gasteiger partial charge is 0.366 e. The average Bonchev–Trinajstić information content (AvgIpc) is 3.07. The number of amides is 1. The van der Waals surface area contributed by atoms with E-state index in [1.165, 1.54) is 23.1 Å². The van der Waals surface area contributed by atoms with Gasteiger partial charge in [-0.1, -0.05) is 36.4 Å². The fourth-order valence-electron chi connectivity index (χ4n) is 4.31. The van der Waals surface area contributed by atoms with Gasteiger partial charge in [-0.05, 0) is 67.1 Å². The smallest absolute Gasteiger partial charge is 0.248 e. The van der Waals surface area contributed by atoms with Crippen molar-refractivity contribution in [3.63, 3.8) is 0 Å². The van der Waals surface area contributed by atoms with E-state index in [2.05, 4.69) is 59.1 Å². The molecule has 150 valence electrons. The summed E-state index contributed by atoms with van der Waals surface area (Å²) >= 11 is 0. The molecule has 29 heavy (non-hydrogen) atoms. The first-order valence-electron chi connectivity index (χ1n) is 10.5. The molecule has 0 unspecified atom stereocenters. The number of unbranched alkanes of at least 4 members (excludes halogenated alkanes) is 1. The molecule has 2 heterocycles. The Kier molecular flexibility index (Phi) is 5.81. The summed E-state index contributed by atoms with van der Waals surface area (Å²) < 4.78 is 2.13. The molecule has 3 aromatic rings. The first-order valence-corrected chi connectivity index (χ1v) is 10.5. The van der Waals surface area contributed by atoms with Crippen molar-refractivity contribution in [3.8, 4) is 0 Å². The number of aryl methyl sites for hydroxylation is 2. The molecule has 1 aliphatic heterocycles. The number of nitrogens with two attached hydrogens (primary N) is 1. The summed E-state index contributed by atoms with van der Waals surface area (Å²) in [5, 5.41) is 1.15. The molecule has 0 radical (unpaired) electrons. The Labute approximate surface area is 172 Å². The van der Waals surface area contributed by atoms with E-state index in [9.17, 15) is 4.79 Å². The number of nitrogens with zero attached hydrogens (tertiary/aromatic N) is 2. The quantitative estimate of drug-likeness (QED) is 0.611. The fraction of sp³-hybridized carbons (Fsp3) is 0.320. The van der Waals surface area contributed by atoms with Crippen LogP contribution in [0, 0.1) is 0 Å². The highest BCUT2D eigenvalue weighted by Crippen LogP contribution is 2.25. The lowest BCUT2D eigenvalue weighted by Crippen LogP contribution is -2.29. The van der Waals surface area contributed by atoms with Crippen LogP contribution in [0.1, 0.15) is 40.7 Å². The van der Waals surface area contributed by atoms with Crippen molar-refractivity contribution in [1.82, 2.24) is 9.47 Å². The van der Waals surface area contributed by atoms with Crippen molar-refractivity contribution in [2.24, 2.45) is 12.8 Å². The number of benzene rings is 2. The molecular formula is C25H29N3O. The van der Waals surface area contributed by atoms with Crippen molar-refractivity contribution >= 4 is 22.4 Å². The molecule has 2 N–H and O–H groups in total. The van der Waals surface area contributed by atoms with Gasteiger partial charge in [-0.25, -0.2) is 0 Å². The van der Waals surface area contributed by atoms with Crippen LogP contribution in [0.15, 0.2) is 60.8 Å². The Morgan fingerprint density at radius 2 is 1.93 bits per heavy atom. The third kappa shape index (κ3) is 4.43. The van der Waals surface area contributed by atoms with E-state index in [-0.39, 0.29) is 5.91 Å². The highest BCUT2D eigenvalue weighted by atomic mass is 16.1. The third-order valence-corrected chi connectivity index (χ3v) is 5.96. The molecule has 0 bridgehead atoms. The van der Waals surface area contributed by atoms with Crippen molar-refractivity contribution in [1.29, 1.82) is 0 Å². The van der Waals surface area contributed by atoms with E-state index >= 15 is 0 Å². The Morgan fingerprint density at radius 3 is 2.66 bits per heavy atom. The first kappa shape index (κ1) is 19.5. The number of carbonyl (C=O) groups is 1. The van der Waals surface area contributed by atoms with E-state index in [4.69, 9.17) is 5.73 Å². The van der Waals surface area contributed by atoms with Crippen LogP contribution in [0.4, 0.5) is 0 Å². The summed E-state index contributed by atoms with van der Waals surface area (Å²) in [5.41, 5.74) is 11.3. The maximum atomic E-state index is 11.5. The minimum absolute atomic E-state index is 0.366.